The van der Waals surface area contributed by atoms with Crippen LogP contribution in [0.25, 0.3) is 0 Å². The Morgan fingerprint density at radius 2 is 2.05 bits per heavy atom. The van der Waals surface area contributed by atoms with Crippen molar-refractivity contribution in [3.05, 3.63) is 21.9 Å². The Morgan fingerprint density at radius 1 is 1.29 bits per heavy atom. The van der Waals surface area contributed by atoms with Gasteiger partial charge < -0.3 is 11.1 Å². The standard InChI is InChI=1S/C17H26N2OS/c1-14(2)8-5-3-4-6-13-19-17(20)16-11-10-15(21-16)9-7-12-18/h10-11,14H,3-6,8,12-13,18H2,1-2H3,(H,19,20). The van der Waals surface area contributed by atoms with Crippen molar-refractivity contribution >= 4 is 17.2 Å². The SMILES string of the molecule is CC(C)CCCCCCNC(=O)c1ccc(C#CCN)s1. The zero-order chi connectivity index (χ0) is 15.5. The topological polar surface area (TPSA) is 55.1 Å². The van der Waals surface area contributed by atoms with Crippen molar-refractivity contribution in [2.75, 3.05) is 13.1 Å². The molecule has 0 fully saturated rings. The van der Waals surface area contributed by atoms with E-state index >= 15 is 0 Å². The molecule has 3 nitrogen and oxygen atoms in total. The van der Waals surface area contributed by atoms with Crippen LogP contribution in [0.5, 0.6) is 0 Å². The number of nitrogens with one attached hydrogen (secondary N) is 1. The predicted molar refractivity (Wildman–Crippen MR) is 90.5 cm³/mol. The van der Waals surface area contributed by atoms with Gasteiger partial charge in [-0.05, 0) is 24.5 Å². The molecule has 21 heavy (non-hydrogen) atoms. The Balaban J connectivity index is 2.17. The fourth-order valence-electron chi connectivity index (χ4n) is 1.99. The van der Waals surface area contributed by atoms with Crippen LogP contribution in [0.3, 0.4) is 0 Å². The lowest BCUT2D eigenvalue weighted by Gasteiger charge is -2.05. The molecule has 0 radical (unpaired) electrons. The maximum absolute atomic E-state index is 11.9. The summed E-state index contributed by atoms with van der Waals surface area (Å²) in [6, 6.07) is 3.69. The Morgan fingerprint density at radius 3 is 2.76 bits per heavy atom. The summed E-state index contributed by atoms with van der Waals surface area (Å²) >= 11 is 1.41. The molecule has 1 aromatic heterocycles. The van der Waals surface area contributed by atoms with Crippen molar-refractivity contribution < 1.29 is 4.79 Å². The fourth-order valence-corrected chi connectivity index (χ4v) is 2.78. The molecule has 0 spiro atoms. The van der Waals surface area contributed by atoms with Crippen LogP contribution in [0.1, 0.15) is 60.5 Å². The van der Waals surface area contributed by atoms with Gasteiger partial charge in [-0.2, -0.15) is 0 Å². The largest absolute Gasteiger partial charge is 0.351 e. The van der Waals surface area contributed by atoms with E-state index in [4.69, 9.17) is 5.73 Å². The summed E-state index contributed by atoms with van der Waals surface area (Å²) in [5.41, 5.74) is 5.33. The van der Waals surface area contributed by atoms with Gasteiger partial charge in [-0.25, -0.2) is 0 Å². The second-order valence-corrected chi connectivity index (χ2v) is 6.61. The molecule has 0 atom stereocenters. The summed E-state index contributed by atoms with van der Waals surface area (Å²) in [5.74, 6) is 6.53. The Labute approximate surface area is 132 Å². The van der Waals surface area contributed by atoms with E-state index in [0.717, 1.165) is 28.6 Å². The molecular formula is C17H26N2OS. The molecule has 0 unspecified atom stereocenters. The fraction of sp³-hybridized carbons (Fsp3) is 0.588. The lowest BCUT2D eigenvalue weighted by atomic mass is 10.0. The lowest BCUT2D eigenvalue weighted by molar-refractivity contribution is 0.0957. The third-order valence-corrected chi connectivity index (χ3v) is 4.14. The second kappa shape index (κ2) is 10.4. The predicted octanol–water partition coefficient (Wildman–Crippen LogP) is 3.39. The van der Waals surface area contributed by atoms with E-state index in [1.54, 1.807) is 0 Å². The van der Waals surface area contributed by atoms with Crippen LogP contribution in [-0.4, -0.2) is 19.0 Å². The monoisotopic (exact) mass is 306 g/mol. The highest BCUT2D eigenvalue weighted by atomic mass is 32.1. The molecule has 116 valence electrons. The minimum atomic E-state index is 0.00276. The Kier molecular flexibility index (Phi) is 8.80. The van der Waals surface area contributed by atoms with Crippen LogP contribution in [0.2, 0.25) is 0 Å². The maximum Gasteiger partial charge on any atom is 0.261 e. The molecular weight excluding hydrogens is 280 g/mol. The van der Waals surface area contributed by atoms with Gasteiger partial charge in [0, 0.05) is 6.54 Å². The first-order chi connectivity index (χ1) is 10.1. The number of nitrogens with two attached hydrogens (primary N) is 1. The zero-order valence-electron chi connectivity index (χ0n) is 13.1. The van der Waals surface area contributed by atoms with Crippen LogP contribution >= 0.6 is 11.3 Å². The number of hydrogen-bond acceptors (Lipinski definition) is 3. The van der Waals surface area contributed by atoms with Crippen molar-refractivity contribution in [1.29, 1.82) is 0 Å². The molecule has 0 bridgehead atoms. The summed E-state index contributed by atoms with van der Waals surface area (Å²) in [4.78, 5) is 13.5. The summed E-state index contributed by atoms with van der Waals surface area (Å²) < 4.78 is 0. The molecule has 3 N–H and O–H groups in total. The molecule has 4 heteroatoms. The molecule has 1 rings (SSSR count). The molecule has 0 aliphatic rings. The Bertz CT molecular complexity index is 482. The molecule has 1 heterocycles. The number of carbonyl (C=O) groups is 1. The van der Waals surface area contributed by atoms with Crippen molar-refractivity contribution in [2.24, 2.45) is 11.7 Å². The first-order valence-electron chi connectivity index (χ1n) is 7.70. The third kappa shape index (κ3) is 7.89. The highest BCUT2D eigenvalue weighted by Gasteiger charge is 2.07. The highest BCUT2D eigenvalue weighted by Crippen LogP contribution is 2.15. The van der Waals surface area contributed by atoms with Crippen molar-refractivity contribution in [3.63, 3.8) is 0 Å². The lowest BCUT2D eigenvalue weighted by Crippen LogP contribution is -2.23. The average molecular weight is 306 g/mol. The maximum atomic E-state index is 11.9. The molecule has 1 aromatic rings. The number of hydrogen-bond donors (Lipinski definition) is 2. The third-order valence-electron chi connectivity index (χ3n) is 3.14. The minimum Gasteiger partial charge on any atom is -0.351 e. The van der Waals surface area contributed by atoms with E-state index in [-0.39, 0.29) is 5.91 Å². The summed E-state index contributed by atoms with van der Waals surface area (Å²) in [5, 5.41) is 2.97. The molecule has 0 saturated carbocycles. The van der Waals surface area contributed by atoms with Gasteiger partial charge in [-0.15, -0.1) is 11.3 Å². The Hall–Kier alpha value is -1.31. The van der Waals surface area contributed by atoms with Gasteiger partial charge in [0.05, 0.1) is 16.3 Å². The summed E-state index contributed by atoms with van der Waals surface area (Å²) in [7, 11) is 0. The van der Waals surface area contributed by atoms with Crippen LogP contribution in [0.4, 0.5) is 0 Å². The van der Waals surface area contributed by atoms with E-state index in [2.05, 4.69) is 31.0 Å². The number of thiophene rings is 1. The van der Waals surface area contributed by atoms with Crippen molar-refractivity contribution in [3.8, 4) is 11.8 Å². The van der Waals surface area contributed by atoms with Gasteiger partial charge in [0.25, 0.3) is 5.91 Å². The normalized spacial score (nSPS) is 10.3. The highest BCUT2D eigenvalue weighted by molar-refractivity contribution is 7.14. The summed E-state index contributed by atoms with van der Waals surface area (Å²) in [6.07, 6.45) is 6.08. The van der Waals surface area contributed by atoms with Crippen molar-refractivity contribution in [2.45, 2.75) is 46.0 Å². The number of amides is 1. The number of rotatable bonds is 8. The first-order valence-corrected chi connectivity index (χ1v) is 8.52. The van der Waals surface area contributed by atoms with Gasteiger partial charge >= 0.3 is 0 Å². The van der Waals surface area contributed by atoms with Gasteiger partial charge in [-0.1, -0.05) is 51.4 Å². The molecule has 0 aliphatic carbocycles. The van der Waals surface area contributed by atoms with Gasteiger partial charge in [-0.3, -0.25) is 4.79 Å². The van der Waals surface area contributed by atoms with E-state index in [1.807, 2.05) is 12.1 Å². The average Bonchev–Trinajstić information content (AvgIpc) is 2.92. The van der Waals surface area contributed by atoms with E-state index in [9.17, 15) is 4.79 Å². The summed E-state index contributed by atoms with van der Waals surface area (Å²) in [6.45, 7) is 5.61. The minimum absolute atomic E-state index is 0.00276. The number of unbranched alkanes of at least 4 members (excludes halogenated alkanes) is 3. The van der Waals surface area contributed by atoms with E-state index in [0.29, 0.717) is 6.54 Å². The van der Waals surface area contributed by atoms with Gasteiger partial charge in [0.15, 0.2) is 0 Å². The smallest absolute Gasteiger partial charge is 0.261 e. The molecule has 1 amide bonds. The van der Waals surface area contributed by atoms with Gasteiger partial charge in [0.2, 0.25) is 0 Å². The zero-order valence-corrected chi connectivity index (χ0v) is 13.9. The van der Waals surface area contributed by atoms with Gasteiger partial charge in [0.1, 0.15) is 0 Å². The first kappa shape index (κ1) is 17.7. The van der Waals surface area contributed by atoms with E-state index < -0.39 is 0 Å². The second-order valence-electron chi connectivity index (χ2n) is 5.52. The van der Waals surface area contributed by atoms with E-state index in [1.165, 1.54) is 37.0 Å². The van der Waals surface area contributed by atoms with Crippen molar-refractivity contribution in [1.82, 2.24) is 5.32 Å². The van der Waals surface area contributed by atoms with Crippen LogP contribution < -0.4 is 11.1 Å². The quantitative estimate of drug-likeness (QED) is 0.571. The van der Waals surface area contributed by atoms with Crippen LogP contribution in [0, 0.1) is 17.8 Å². The molecule has 0 aliphatic heterocycles. The number of carbonyl (C=O) groups excluding carboxylic acids is 1. The van der Waals surface area contributed by atoms with Crippen LogP contribution in [0.15, 0.2) is 12.1 Å². The molecule has 0 saturated heterocycles. The molecule has 0 aromatic carbocycles. The van der Waals surface area contributed by atoms with Crippen LogP contribution in [-0.2, 0) is 0 Å².